The Bertz CT molecular complexity index is 623. The standard InChI is InChI=1S/C14H15BrN2O2S/c1-3-17-12(13(15)9(2)16-17)8-20-11-6-4-10(5-7-11)14(18)19/h4-7H,3,8H2,1-2H3,(H,18,19). The van der Waals surface area contributed by atoms with E-state index in [9.17, 15) is 4.79 Å². The topological polar surface area (TPSA) is 55.1 Å². The molecule has 0 fully saturated rings. The van der Waals surface area contributed by atoms with Crippen molar-refractivity contribution in [1.29, 1.82) is 0 Å². The van der Waals surface area contributed by atoms with Crippen LogP contribution in [0.5, 0.6) is 0 Å². The second-order valence-electron chi connectivity index (χ2n) is 4.28. The van der Waals surface area contributed by atoms with Gasteiger partial charge in [0.25, 0.3) is 0 Å². The number of carboxylic acids is 1. The Morgan fingerprint density at radius 2 is 2.05 bits per heavy atom. The Morgan fingerprint density at radius 3 is 2.60 bits per heavy atom. The van der Waals surface area contributed by atoms with E-state index < -0.39 is 5.97 Å². The van der Waals surface area contributed by atoms with E-state index in [1.807, 2.05) is 23.7 Å². The lowest BCUT2D eigenvalue weighted by molar-refractivity contribution is 0.0697. The first-order valence-electron chi connectivity index (χ1n) is 6.20. The van der Waals surface area contributed by atoms with Crippen molar-refractivity contribution in [3.05, 3.63) is 45.7 Å². The molecular weight excluding hydrogens is 340 g/mol. The fourth-order valence-electron chi connectivity index (χ4n) is 1.85. The molecule has 2 rings (SSSR count). The molecule has 0 atom stereocenters. The van der Waals surface area contributed by atoms with E-state index in [4.69, 9.17) is 5.11 Å². The molecule has 20 heavy (non-hydrogen) atoms. The van der Waals surface area contributed by atoms with Gasteiger partial charge < -0.3 is 5.11 Å². The summed E-state index contributed by atoms with van der Waals surface area (Å²) in [5.41, 5.74) is 2.45. The van der Waals surface area contributed by atoms with E-state index >= 15 is 0 Å². The Kier molecular flexibility index (Phi) is 4.88. The highest BCUT2D eigenvalue weighted by molar-refractivity contribution is 9.10. The molecular formula is C14H15BrN2O2S. The first kappa shape index (κ1) is 15.1. The van der Waals surface area contributed by atoms with Crippen LogP contribution in [0, 0.1) is 6.92 Å². The highest BCUT2D eigenvalue weighted by atomic mass is 79.9. The van der Waals surface area contributed by atoms with Crippen molar-refractivity contribution >= 4 is 33.7 Å². The summed E-state index contributed by atoms with van der Waals surface area (Å²) in [4.78, 5) is 11.8. The zero-order valence-corrected chi connectivity index (χ0v) is 13.7. The fourth-order valence-corrected chi connectivity index (χ4v) is 3.39. The van der Waals surface area contributed by atoms with Crippen LogP contribution in [0.2, 0.25) is 0 Å². The quantitative estimate of drug-likeness (QED) is 0.825. The summed E-state index contributed by atoms with van der Waals surface area (Å²) in [5, 5.41) is 13.3. The lowest BCUT2D eigenvalue weighted by atomic mass is 10.2. The van der Waals surface area contributed by atoms with Crippen molar-refractivity contribution in [1.82, 2.24) is 9.78 Å². The predicted octanol–water partition coefficient (Wildman–Crippen LogP) is 3.96. The molecule has 106 valence electrons. The van der Waals surface area contributed by atoms with Crippen molar-refractivity contribution in [2.45, 2.75) is 31.0 Å². The molecule has 1 heterocycles. The maximum atomic E-state index is 10.8. The highest BCUT2D eigenvalue weighted by Gasteiger charge is 2.12. The number of halogens is 1. The minimum atomic E-state index is -0.899. The molecule has 0 saturated carbocycles. The Morgan fingerprint density at radius 1 is 1.40 bits per heavy atom. The summed E-state index contributed by atoms with van der Waals surface area (Å²) in [7, 11) is 0. The third-order valence-electron chi connectivity index (χ3n) is 2.93. The number of aromatic nitrogens is 2. The minimum Gasteiger partial charge on any atom is -0.478 e. The largest absolute Gasteiger partial charge is 0.478 e. The van der Waals surface area contributed by atoms with Crippen LogP contribution in [-0.4, -0.2) is 20.9 Å². The summed E-state index contributed by atoms with van der Waals surface area (Å²) >= 11 is 5.24. The number of hydrogen-bond acceptors (Lipinski definition) is 3. The lowest BCUT2D eigenvalue weighted by Crippen LogP contribution is -2.01. The van der Waals surface area contributed by atoms with E-state index in [2.05, 4.69) is 28.0 Å². The van der Waals surface area contributed by atoms with Crippen LogP contribution < -0.4 is 0 Å². The van der Waals surface area contributed by atoms with Gasteiger partial charge in [0.05, 0.1) is 21.4 Å². The van der Waals surface area contributed by atoms with E-state index in [0.29, 0.717) is 5.56 Å². The molecule has 0 radical (unpaired) electrons. The number of thioether (sulfide) groups is 1. The van der Waals surface area contributed by atoms with Gasteiger partial charge in [0.15, 0.2) is 0 Å². The molecule has 1 N–H and O–H groups in total. The monoisotopic (exact) mass is 354 g/mol. The first-order valence-corrected chi connectivity index (χ1v) is 7.98. The second kappa shape index (κ2) is 6.45. The normalized spacial score (nSPS) is 10.8. The van der Waals surface area contributed by atoms with Gasteiger partial charge in [-0.2, -0.15) is 5.10 Å². The average molecular weight is 355 g/mol. The molecule has 4 nitrogen and oxygen atoms in total. The molecule has 2 aromatic rings. The van der Waals surface area contributed by atoms with Crippen LogP contribution in [0.4, 0.5) is 0 Å². The first-order chi connectivity index (χ1) is 9.52. The number of rotatable bonds is 5. The molecule has 0 amide bonds. The third-order valence-corrected chi connectivity index (χ3v) is 4.98. The second-order valence-corrected chi connectivity index (χ2v) is 6.12. The molecule has 0 aliphatic heterocycles. The number of hydrogen-bond donors (Lipinski definition) is 1. The van der Waals surface area contributed by atoms with Crippen molar-refractivity contribution in [3.63, 3.8) is 0 Å². The molecule has 0 bridgehead atoms. The molecule has 6 heteroatoms. The smallest absolute Gasteiger partial charge is 0.335 e. The van der Waals surface area contributed by atoms with E-state index in [-0.39, 0.29) is 0 Å². The van der Waals surface area contributed by atoms with Gasteiger partial charge in [-0.05, 0) is 54.0 Å². The van der Waals surface area contributed by atoms with Gasteiger partial charge in [0.2, 0.25) is 0 Å². The van der Waals surface area contributed by atoms with E-state index in [1.165, 1.54) is 0 Å². The van der Waals surface area contributed by atoms with Crippen molar-refractivity contribution in [2.75, 3.05) is 0 Å². The van der Waals surface area contributed by atoms with Gasteiger partial charge in [-0.1, -0.05) is 0 Å². The summed E-state index contributed by atoms with van der Waals surface area (Å²) in [5.74, 6) is -0.106. The minimum absolute atomic E-state index is 0.310. The van der Waals surface area contributed by atoms with Crippen LogP contribution in [-0.2, 0) is 12.3 Å². The molecule has 0 saturated heterocycles. The molecule has 0 aliphatic carbocycles. The van der Waals surface area contributed by atoms with E-state index in [1.54, 1.807) is 23.9 Å². The van der Waals surface area contributed by atoms with Crippen LogP contribution in [0.1, 0.15) is 28.7 Å². The summed E-state index contributed by atoms with van der Waals surface area (Å²) < 4.78 is 3.03. The zero-order chi connectivity index (χ0) is 14.7. The number of benzene rings is 1. The SMILES string of the molecule is CCn1nc(C)c(Br)c1CSc1ccc(C(=O)O)cc1. The maximum absolute atomic E-state index is 10.8. The number of aromatic carboxylic acids is 1. The van der Waals surface area contributed by atoms with Gasteiger partial charge in [0.1, 0.15) is 0 Å². The van der Waals surface area contributed by atoms with Gasteiger partial charge in [-0.25, -0.2) is 4.79 Å². The van der Waals surface area contributed by atoms with Crippen molar-refractivity contribution < 1.29 is 9.90 Å². The molecule has 1 aromatic carbocycles. The molecule has 1 aromatic heterocycles. The summed E-state index contributed by atoms with van der Waals surface area (Å²) in [6, 6.07) is 6.92. The van der Waals surface area contributed by atoms with E-state index in [0.717, 1.165) is 33.1 Å². The Balaban J connectivity index is 2.10. The van der Waals surface area contributed by atoms with Crippen molar-refractivity contribution in [2.24, 2.45) is 0 Å². The fraction of sp³-hybridized carbons (Fsp3) is 0.286. The zero-order valence-electron chi connectivity index (χ0n) is 11.3. The molecule has 0 aliphatic rings. The predicted molar refractivity (Wildman–Crippen MR) is 83.3 cm³/mol. The van der Waals surface area contributed by atoms with Crippen LogP contribution in [0.25, 0.3) is 0 Å². The number of carbonyl (C=O) groups is 1. The maximum Gasteiger partial charge on any atom is 0.335 e. The van der Waals surface area contributed by atoms with Crippen molar-refractivity contribution in [3.8, 4) is 0 Å². The van der Waals surface area contributed by atoms with Crippen LogP contribution in [0.3, 0.4) is 0 Å². The molecule has 0 unspecified atom stereocenters. The third kappa shape index (κ3) is 3.24. The average Bonchev–Trinajstić information content (AvgIpc) is 2.72. The van der Waals surface area contributed by atoms with Gasteiger partial charge >= 0.3 is 5.97 Å². The number of aryl methyl sites for hydroxylation is 2. The Hall–Kier alpha value is -1.27. The lowest BCUT2D eigenvalue weighted by Gasteiger charge is -2.06. The number of carboxylic acid groups (broad SMARTS) is 1. The van der Waals surface area contributed by atoms with Crippen LogP contribution in [0.15, 0.2) is 33.6 Å². The summed E-state index contributed by atoms with van der Waals surface area (Å²) in [6.07, 6.45) is 0. The van der Waals surface area contributed by atoms with Gasteiger partial charge in [-0.15, -0.1) is 11.8 Å². The number of nitrogens with zero attached hydrogens (tertiary/aromatic N) is 2. The van der Waals surface area contributed by atoms with Gasteiger partial charge in [0, 0.05) is 17.2 Å². The highest BCUT2D eigenvalue weighted by Crippen LogP contribution is 2.29. The summed E-state index contributed by atoms with van der Waals surface area (Å²) in [6.45, 7) is 4.88. The molecule has 0 spiro atoms. The Labute approximate surface area is 130 Å². The van der Waals surface area contributed by atoms with Crippen LogP contribution >= 0.6 is 27.7 Å². The van der Waals surface area contributed by atoms with Gasteiger partial charge in [-0.3, -0.25) is 4.68 Å².